The summed E-state index contributed by atoms with van der Waals surface area (Å²) < 4.78 is 14.3. The maximum absolute atomic E-state index is 14.3. The topological polar surface area (TPSA) is 34.1 Å². The van der Waals surface area contributed by atoms with E-state index in [4.69, 9.17) is 0 Å². The fourth-order valence-electron chi connectivity index (χ4n) is 6.96. The Hall–Kier alpha value is -0.900. The number of fused-ring (bicyclic) bond motifs is 7. The van der Waals surface area contributed by atoms with E-state index in [1.54, 1.807) is 11.8 Å². The molecule has 0 aromatic rings. The van der Waals surface area contributed by atoms with Crippen LogP contribution >= 0.6 is 11.8 Å². The number of carbonyl (C=O) groups excluding carboxylic acids is 2. The van der Waals surface area contributed by atoms with Gasteiger partial charge in [0.25, 0.3) is 0 Å². The van der Waals surface area contributed by atoms with E-state index in [0.29, 0.717) is 24.0 Å². The first-order chi connectivity index (χ1) is 11.8. The van der Waals surface area contributed by atoms with E-state index in [9.17, 15) is 14.0 Å². The molecule has 2 nitrogen and oxygen atoms in total. The van der Waals surface area contributed by atoms with Crippen LogP contribution in [0.3, 0.4) is 0 Å². The molecule has 5 rings (SSSR count). The number of rotatable bonds is 1. The molecule has 25 heavy (non-hydrogen) atoms. The number of carbonyl (C=O) groups is 2. The van der Waals surface area contributed by atoms with Crippen molar-refractivity contribution in [3.05, 3.63) is 22.6 Å². The van der Waals surface area contributed by atoms with E-state index in [1.165, 1.54) is 5.57 Å². The van der Waals surface area contributed by atoms with E-state index in [2.05, 4.69) is 19.1 Å². The summed E-state index contributed by atoms with van der Waals surface area (Å²) in [5.74, 6) is 1.67. The zero-order valence-corrected chi connectivity index (χ0v) is 15.9. The molecule has 5 aliphatic rings. The molecule has 134 valence electrons. The first-order valence-corrected chi connectivity index (χ1v) is 10.8. The first-order valence-electron chi connectivity index (χ1n) is 9.53. The lowest BCUT2D eigenvalue weighted by Crippen LogP contribution is -2.50. The maximum Gasteiger partial charge on any atom is 0.173 e. The minimum absolute atomic E-state index is 0.0229. The van der Waals surface area contributed by atoms with Crippen LogP contribution in [0, 0.1) is 40.4 Å². The van der Waals surface area contributed by atoms with Crippen LogP contribution in [0.1, 0.15) is 39.5 Å². The molecule has 0 heterocycles. The summed E-state index contributed by atoms with van der Waals surface area (Å²) in [5, 5.41) is 0. The second-order valence-corrected chi connectivity index (χ2v) is 10.0. The molecule has 0 radical (unpaired) electrons. The molecular formula is C21H25FO2S. The van der Waals surface area contributed by atoms with Gasteiger partial charge in [0.05, 0.1) is 4.91 Å². The summed E-state index contributed by atoms with van der Waals surface area (Å²) >= 11 is 1.59. The average molecular weight is 360 g/mol. The summed E-state index contributed by atoms with van der Waals surface area (Å²) in [7, 11) is 0. The predicted molar refractivity (Wildman–Crippen MR) is 96.7 cm³/mol. The van der Waals surface area contributed by atoms with Gasteiger partial charge < -0.3 is 0 Å². The van der Waals surface area contributed by atoms with Crippen molar-refractivity contribution in [1.82, 2.24) is 0 Å². The standard InChI is InChI=1S/C21H25FO2S/c1-20-7-6-12-10(14(20)9-16(22)19(20)24)4-5-13-18(25-3)17(23)11-8-15(11)21(12,13)2/h4-5,10-12,14-16H,6-9H2,1-3H3/t10-,11+,12+,14+,15?,16-,20+,21-/m1/s1. The minimum Gasteiger partial charge on any atom is -0.296 e. The summed E-state index contributed by atoms with van der Waals surface area (Å²) in [6, 6.07) is 0. The molecule has 0 aliphatic heterocycles. The van der Waals surface area contributed by atoms with Gasteiger partial charge in [0.2, 0.25) is 0 Å². The predicted octanol–water partition coefficient (Wildman–Crippen LogP) is 4.36. The molecule has 0 saturated heterocycles. The first kappa shape index (κ1) is 16.3. The molecule has 0 aromatic carbocycles. The molecule has 0 spiro atoms. The molecule has 0 bridgehead atoms. The van der Waals surface area contributed by atoms with Gasteiger partial charge in [0.1, 0.15) is 0 Å². The summed E-state index contributed by atoms with van der Waals surface area (Å²) in [6.07, 6.45) is 8.28. The van der Waals surface area contributed by atoms with Crippen molar-refractivity contribution in [3.8, 4) is 0 Å². The van der Waals surface area contributed by atoms with Gasteiger partial charge in [-0.25, -0.2) is 4.39 Å². The molecule has 0 aromatic heterocycles. The van der Waals surface area contributed by atoms with Gasteiger partial charge in [-0.1, -0.05) is 26.0 Å². The van der Waals surface area contributed by atoms with Gasteiger partial charge in [-0.2, -0.15) is 0 Å². The number of ketones is 2. The maximum atomic E-state index is 14.3. The largest absolute Gasteiger partial charge is 0.296 e. The molecular weight excluding hydrogens is 335 g/mol. The number of allylic oxidation sites excluding steroid dienone is 4. The Bertz CT molecular complexity index is 755. The van der Waals surface area contributed by atoms with E-state index < -0.39 is 11.6 Å². The van der Waals surface area contributed by atoms with Gasteiger partial charge in [-0.05, 0) is 61.2 Å². The van der Waals surface area contributed by atoms with Crippen molar-refractivity contribution in [2.24, 2.45) is 40.4 Å². The molecule has 0 N–H and O–H groups in total. The number of hydrogen-bond acceptors (Lipinski definition) is 3. The molecule has 0 amide bonds. The SMILES string of the molecule is CSC1=C2C=C[C@H]3[C@@H]4C[C@@H](F)C(=O)[C@@]4(C)CC[C@@H]3[C@@]2(C)C2C[C@@H]2C1=O. The van der Waals surface area contributed by atoms with Crippen LogP contribution in [0.15, 0.2) is 22.6 Å². The van der Waals surface area contributed by atoms with Gasteiger partial charge in [-0.3, -0.25) is 9.59 Å². The zero-order valence-electron chi connectivity index (χ0n) is 15.0. The van der Waals surface area contributed by atoms with Crippen LogP contribution in [0.2, 0.25) is 0 Å². The normalized spacial score (nSPS) is 53.3. The quantitative estimate of drug-likeness (QED) is 0.697. The zero-order chi connectivity index (χ0) is 17.7. The van der Waals surface area contributed by atoms with Gasteiger partial charge in [0.15, 0.2) is 17.7 Å². The third-order valence-electron chi connectivity index (χ3n) is 8.44. The lowest BCUT2D eigenvalue weighted by molar-refractivity contribution is -0.133. The van der Waals surface area contributed by atoms with Gasteiger partial charge in [-0.15, -0.1) is 11.8 Å². The van der Waals surface area contributed by atoms with E-state index in [-0.39, 0.29) is 29.0 Å². The highest BCUT2D eigenvalue weighted by atomic mass is 32.2. The van der Waals surface area contributed by atoms with Crippen LogP contribution in [0.4, 0.5) is 4.39 Å². The Morgan fingerprint density at radius 1 is 1.16 bits per heavy atom. The van der Waals surface area contributed by atoms with Crippen LogP contribution in [-0.2, 0) is 9.59 Å². The van der Waals surface area contributed by atoms with Crippen molar-refractivity contribution in [2.45, 2.75) is 45.7 Å². The Morgan fingerprint density at radius 3 is 2.64 bits per heavy atom. The number of Topliss-reactive ketones (excluding diaryl/α,β-unsaturated/α-hetero) is 2. The summed E-state index contributed by atoms with van der Waals surface area (Å²) in [5.41, 5.74) is 0.766. The van der Waals surface area contributed by atoms with Crippen molar-refractivity contribution >= 4 is 23.3 Å². The highest BCUT2D eigenvalue weighted by molar-refractivity contribution is 8.03. The smallest absolute Gasteiger partial charge is 0.173 e. The second-order valence-electron chi connectivity index (χ2n) is 9.22. The third-order valence-corrected chi connectivity index (χ3v) is 9.27. The lowest BCUT2D eigenvalue weighted by Gasteiger charge is -2.55. The van der Waals surface area contributed by atoms with Crippen LogP contribution < -0.4 is 0 Å². The van der Waals surface area contributed by atoms with Crippen molar-refractivity contribution < 1.29 is 14.0 Å². The van der Waals surface area contributed by atoms with Crippen LogP contribution in [-0.4, -0.2) is 24.0 Å². The molecule has 1 unspecified atom stereocenters. The molecule has 8 atom stereocenters. The lowest BCUT2D eigenvalue weighted by atomic mass is 9.49. The Morgan fingerprint density at radius 2 is 1.92 bits per heavy atom. The van der Waals surface area contributed by atoms with Gasteiger partial charge >= 0.3 is 0 Å². The van der Waals surface area contributed by atoms with Crippen molar-refractivity contribution in [1.29, 1.82) is 0 Å². The van der Waals surface area contributed by atoms with E-state index in [0.717, 1.165) is 24.2 Å². The Labute approximate surface area is 152 Å². The molecule has 5 aliphatic carbocycles. The third kappa shape index (κ3) is 1.78. The van der Waals surface area contributed by atoms with Crippen LogP contribution in [0.25, 0.3) is 0 Å². The number of alkyl halides is 1. The molecule has 4 heteroatoms. The van der Waals surface area contributed by atoms with Crippen molar-refractivity contribution in [3.63, 3.8) is 0 Å². The Kier molecular flexibility index (Phi) is 3.18. The monoisotopic (exact) mass is 360 g/mol. The fraction of sp³-hybridized carbons (Fsp3) is 0.714. The average Bonchev–Trinajstić information content (AvgIpc) is 3.36. The highest BCUT2D eigenvalue weighted by Crippen LogP contribution is 2.70. The number of hydrogen-bond donors (Lipinski definition) is 0. The highest BCUT2D eigenvalue weighted by Gasteiger charge is 2.67. The minimum atomic E-state index is -1.28. The summed E-state index contributed by atoms with van der Waals surface area (Å²) in [6.45, 7) is 4.35. The van der Waals surface area contributed by atoms with E-state index in [1.807, 2.05) is 13.2 Å². The second kappa shape index (κ2) is 4.88. The molecule has 3 fully saturated rings. The molecule has 3 saturated carbocycles. The van der Waals surface area contributed by atoms with Crippen molar-refractivity contribution in [2.75, 3.05) is 6.26 Å². The Balaban J connectivity index is 1.63. The number of thioether (sulfide) groups is 1. The summed E-state index contributed by atoms with van der Waals surface area (Å²) in [4.78, 5) is 26.1. The van der Waals surface area contributed by atoms with E-state index >= 15 is 0 Å². The fourth-order valence-corrected chi connectivity index (χ4v) is 7.82. The number of halogens is 1. The van der Waals surface area contributed by atoms with Crippen LogP contribution in [0.5, 0.6) is 0 Å². The van der Waals surface area contributed by atoms with Gasteiger partial charge in [0, 0.05) is 16.7 Å².